The zero-order valence-corrected chi connectivity index (χ0v) is 10.8. The molecule has 0 fully saturated rings. The van der Waals surface area contributed by atoms with E-state index in [2.05, 4.69) is 5.43 Å². The van der Waals surface area contributed by atoms with Gasteiger partial charge in [-0.1, -0.05) is 0 Å². The van der Waals surface area contributed by atoms with Crippen LogP contribution in [0.15, 0.2) is 27.4 Å². The maximum absolute atomic E-state index is 11.7. The maximum Gasteiger partial charge on any atom is 0.420 e. The van der Waals surface area contributed by atoms with Crippen LogP contribution in [-0.2, 0) is 11.3 Å². The van der Waals surface area contributed by atoms with Gasteiger partial charge in [0.25, 0.3) is 11.6 Å². The standard InChI is InChI=1S/C11H12N4O5/c1-13(2)12-10(16)6-14-8-4-3-7(15(18)19)5-9(8)20-11(14)17/h3-5H,6H2,1-2H3,(H,12,16). The molecule has 0 radical (unpaired) electrons. The van der Waals surface area contributed by atoms with Crippen molar-refractivity contribution in [1.29, 1.82) is 0 Å². The zero-order chi connectivity index (χ0) is 14.9. The van der Waals surface area contributed by atoms with Crippen molar-refractivity contribution in [2.24, 2.45) is 0 Å². The van der Waals surface area contributed by atoms with Crippen LogP contribution >= 0.6 is 0 Å². The summed E-state index contributed by atoms with van der Waals surface area (Å²) in [7, 11) is 3.27. The Morgan fingerprint density at radius 3 is 2.80 bits per heavy atom. The molecule has 106 valence electrons. The predicted octanol–water partition coefficient (Wildman–Crippen LogP) is 0.0955. The highest BCUT2D eigenvalue weighted by Gasteiger charge is 2.16. The predicted molar refractivity (Wildman–Crippen MR) is 69.0 cm³/mol. The third kappa shape index (κ3) is 2.67. The number of carbonyl (C=O) groups is 1. The first kappa shape index (κ1) is 13.7. The molecule has 1 aromatic heterocycles. The molecule has 0 saturated heterocycles. The van der Waals surface area contributed by atoms with Crippen molar-refractivity contribution in [2.45, 2.75) is 6.54 Å². The average Bonchev–Trinajstić information content (AvgIpc) is 2.64. The first-order chi connectivity index (χ1) is 9.38. The van der Waals surface area contributed by atoms with Gasteiger partial charge in [-0.3, -0.25) is 24.9 Å². The first-order valence-electron chi connectivity index (χ1n) is 5.63. The van der Waals surface area contributed by atoms with Gasteiger partial charge in [0.2, 0.25) is 0 Å². The first-order valence-corrected chi connectivity index (χ1v) is 5.63. The Kier molecular flexibility index (Phi) is 3.53. The summed E-state index contributed by atoms with van der Waals surface area (Å²) in [5.41, 5.74) is 2.70. The maximum atomic E-state index is 11.7. The summed E-state index contributed by atoms with van der Waals surface area (Å²) in [6, 6.07) is 3.77. The van der Waals surface area contributed by atoms with E-state index in [-0.39, 0.29) is 17.8 Å². The van der Waals surface area contributed by atoms with Crippen LogP contribution in [0.3, 0.4) is 0 Å². The molecule has 0 spiro atoms. The molecule has 1 heterocycles. The number of nitrogens with zero attached hydrogens (tertiary/aromatic N) is 3. The van der Waals surface area contributed by atoms with Crippen LogP contribution in [0.1, 0.15) is 0 Å². The molecular formula is C11H12N4O5. The molecule has 0 atom stereocenters. The molecular weight excluding hydrogens is 268 g/mol. The van der Waals surface area contributed by atoms with Crippen LogP contribution in [0, 0.1) is 10.1 Å². The van der Waals surface area contributed by atoms with Crippen LogP contribution < -0.4 is 11.2 Å². The topological polar surface area (TPSA) is 111 Å². The van der Waals surface area contributed by atoms with E-state index < -0.39 is 16.6 Å². The van der Waals surface area contributed by atoms with Crippen molar-refractivity contribution in [3.05, 3.63) is 38.9 Å². The molecule has 1 N–H and O–H groups in total. The number of nitro benzene ring substituents is 1. The van der Waals surface area contributed by atoms with E-state index in [0.717, 1.165) is 10.6 Å². The Morgan fingerprint density at radius 1 is 1.50 bits per heavy atom. The van der Waals surface area contributed by atoms with Gasteiger partial charge in [0.05, 0.1) is 16.5 Å². The van der Waals surface area contributed by atoms with Gasteiger partial charge in [-0.2, -0.15) is 0 Å². The average molecular weight is 280 g/mol. The van der Waals surface area contributed by atoms with E-state index in [1.807, 2.05) is 0 Å². The summed E-state index contributed by atoms with van der Waals surface area (Å²) in [6.07, 6.45) is 0. The fourth-order valence-corrected chi connectivity index (χ4v) is 1.75. The van der Waals surface area contributed by atoms with E-state index in [9.17, 15) is 19.7 Å². The van der Waals surface area contributed by atoms with Gasteiger partial charge in [-0.25, -0.2) is 9.80 Å². The third-order valence-electron chi connectivity index (χ3n) is 2.51. The van der Waals surface area contributed by atoms with E-state index in [1.165, 1.54) is 17.1 Å². The van der Waals surface area contributed by atoms with Gasteiger partial charge >= 0.3 is 5.76 Å². The summed E-state index contributed by atoms with van der Waals surface area (Å²) in [4.78, 5) is 33.4. The summed E-state index contributed by atoms with van der Waals surface area (Å²) < 4.78 is 6.01. The van der Waals surface area contributed by atoms with Gasteiger partial charge in [0, 0.05) is 20.2 Å². The van der Waals surface area contributed by atoms with Gasteiger partial charge < -0.3 is 4.42 Å². The second kappa shape index (κ2) is 5.13. The lowest BCUT2D eigenvalue weighted by Crippen LogP contribution is -2.39. The Balaban J connectivity index is 2.39. The number of hydrogen-bond acceptors (Lipinski definition) is 6. The van der Waals surface area contributed by atoms with E-state index in [4.69, 9.17) is 4.42 Å². The smallest absolute Gasteiger partial charge is 0.407 e. The molecule has 1 amide bonds. The third-order valence-corrected chi connectivity index (χ3v) is 2.51. The molecule has 0 bridgehead atoms. The normalized spacial score (nSPS) is 10.9. The van der Waals surface area contributed by atoms with Crippen molar-refractivity contribution in [3.63, 3.8) is 0 Å². The number of hydrogen-bond donors (Lipinski definition) is 1. The Bertz CT molecular complexity index is 730. The highest BCUT2D eigenvalue weighted by Crippen LogP contribution is 2.19. The van der Waals surface area contributed by atoms with Crippen molar-refractivity contribution in [3.8, 4) is 0 Å². The lowest BCUT2D eigenvalue weighted by Gasteiger charge is -2.11. The van der Waals surface area contributed by atoms with Crippen LogP contribution in [0.5, 0.6) is 0 Å². The van der Waals surface area contributed by atoms with Gasteiger partial charge in [-0.15, -0.1) is 0 Å². The number of nitro groups is 1. The van der Waals surface area contributed by atoms with E-state index >= 15 is 0 Å². The molecule has 0 aliphatic rings. The molecule has 1 aromatic carbocycles. The van der Waals surface area contributed by atoms with Crippen molar-refractivity contribution in [2.75, 3.05) is 14.1 Å². The second-order valence-electron chi connectivity index (χ2n) is 4.29. The van der Waals surface area contributed by atoms with Crippen LogP contribution in [0.25, 0.3) is 11.1 Å². The zero-order valence-electron chi connectivity index (χ0n) is 10.8. The van der Waals surface area contributed by atoms with E-state index in [1.54, 1.807) is 14.1 Å². The quantitative estimate of drug-likeness (QED) is 0.628. The van der Waals surface area contributed by atoms with Crippen molar-refractivity contribution < 1.29 is 14.1 Å². The molecule has 9 nitrogen and oxygen atoms in total. The SMILES string of the molecule is CN(C)NC(=O)Cn1c(=O)oc2cc([N+](=O)[O-])ccc21. The van der Waals surface area contributed by atoms with Gasteiger partial charge in [0.15, 0.2) is 5.58 Å². The number of aromatic nitrogens is 1. The molecule has 0 saturated carbocycles. The molecule has 2 aromatic rings. The summed E-state index contributed by atoms with van der Waals surface area (Å²) in [6.45, 7) is -0.234. The number of non-ortho nitro benzene ring substituents is 1. The summed E-state index contributed by atoms with van der Waals surface area (Å²) in [5.74, 6) is -1.15. The highest BCUT2D eigenvalue weighted by molar-refractivity contribution is 5.80. The molecule has 2 rings (SSSR count). The van der Waals surface area contributed by atoms with Crippen LogP contribution in [-0.4, -0.2) is 34.5 Å². The minimum atomic E-state index is -0.741. The van der Waals surface area contributed by atoms with Crippen LogP contribution in [0.4, 0.5) is 5.69 Å². The molecule has 9 heteroatoms. The summed E-state index contributed by atoms with van der Waals surface area (Å²) in [5, 5.41) is 12.1. The number of hydrazine groups is 1. The number of nitrogens with one attached hydrogen (secondary N) is 1. The number of rotatable bonds is 4. The number of carbonyl (C=O) groups excluding carboxylic acids is 1. The monoisotopic (exact) mass is 280 g/mol. The fourth-order valence-electron chi connectivity index (χ4n) is 1.75. The Morgan fingerprint density at radius 2 is 2.20 bits per heavy atom. The molecule has 0 aliphatic heterocycles. The summed E-state index contributed by atoms with van der Waals surface area (Å²) >= 11 is 0. The minimum Gasteiger partial charge on any atom is -0.407 e. The number of oxazole rings is 1. The van der Waals surface area contributed by atoms with E-state index in [0.29, 0.717) is 5.52 Å². The number of fused-ring (bicyclic) bond motifs is 1. The molecule has 0 unspecified atom stereocenters. The number of amides is 1. The lowest BCUT2D eigenvalue weighted by molar-refractivity contribution is -0.384. The Labute approximate surface area is 112 Å². The molecule has 20 heavy (non-hydrogen) atoms. The largest absolute Gasteiger partial charge is 0.420 e. The van der Waals surface area contributed by atoms with Gasteiger partial charge in [0.1, 0.15) is 6.54 Å². The second-order valence-corrected chi connectivity index (χ2v) is 4.29. The Hall–Kier alpha value is -2.68. The van der Waals surface area contributed by atoms with Crippen molar-refractivity contribution >= 4 is 22.7 Å². The minimum absolute atomic E-state index is 0.0712. The van der Waals surface area contributed by atoms with Crippen molar-refractivity contribution in [1.82, 2.24) is 15.0 Å². The lowest BCUT2D eigenvalue weighted by atomic mass is 10.3. The molecule has 0 aliphatic carbocycles. The fraction of sp³-hybridized carbons (Fsp3) is 0.273. The number of benzene rings is 1. The van der Waals surface area contributed by atoms with Gasteiger partial charge in [-0.05, 0) is 6.07 Å². The highest BCUT2D eigenvalue weighted by atomic mass is 16.6. The van der Waals surface area contributed by atoms with Crippen LogP contribution in [0.2, 0.25) is 0 Å².